The molecule has 2 saturated heterocycles. The van der Waals surface area contributed by atoms with Crippen molar-refractivity contribution in [3.8, 4) is 0 Å². The summed E-state index contributed by atoms with van der Waals surface area (Å²) in [5, 5.41) is 6.44. The van der Waals surface area contributed by atoms with Crippen LogP contribution in [0.3, 0.4) is 0 Å². The van der Waals surface area contributed by atoms with Crippen molar-refractivity contribution in [2.24, 2.45) is 5.92 Å². The number of halogens is 1. The Bertz CT molecular complexity index is 561. The number of piperidine rings is 1. The lowest BCUT2D eigenvalue weighted by Crippen LogP contribution is -2.48. The first-order valence-electron chi connectivity index (χ1n) is 9.06. The van der Waals surface area contributed by atoms with Crippen molar-refractivity contribution in [3.63, 3.8) is 0 Å². The number of carbonyl (C=O) groups excluding carboxylic acids is 2. The molecule has 2 unspecified atom stereocenters. The molecule has 25 heavy (non-hydrogen) atoms. The predicted octanol–water partition coefficient (Wildman–Crippen LogP) is 1.76. The Hall–Kier alpha value is -1.59. The van der Waals surface area contributed by atoms with E-state index in [1.807, 2.05) is 30.3 Å². The summed E-state index contributed by atoms with van der Waals surface area (Å²) in [7, 11) is 0. The zero-order valence-electron chi connectivity index (χ0n) is 14.6. The number of likely N-dealkylation sites (tertiary alicyclic amines) is 1. The van der Waals surface area contributed by atoms with Crippen LogP contribution in [0.5, 0.6) is 0 Å². The molecule has 2 atom stereocenters. The standard InChI is InChI=1S/C19H27N3O2.ClH/c23-18(12-15-6-2-1-3-7-15)22-11-5-9-17(22)19(24)21-14-16-8-4-10-20-13-16;/h1-3,6-7,16-17,20H,4-5,8-14H2,(H,21,24);1H. The van der Waals surface area contributed by atoms with Gasteiger partial charge in [-0.15, -0.1) is 12.4 Å². The molecule has 2 aliphatic heterocycles. The minimum absolute atomic E-state index is 0. The van der Waals surface area contributed by atoms with Gasteiger partial charge in [-0.1, -0.05) is 30.3 Å². The van der Waals surface area contributed by atoms with E-state index in [9.17, 15) is 9.59 Å². The molecular formula is C19H28ClN3O2. The van der Waals surface area contributed by atoms with Gasteiger partial charge >= 0.3 is 0 Å². The maximum Gasteiger partial charge on any atom is 0.242 e. The molecular weight excluding hydrogens is 338 g/mol. The van der Waals surface area contributed by atoms with E-state index < -0.39 is 0 Å². The van der Waals surface area contributed by atoms with E-state index in [2.05, 4.69) is 10.6 Å². The van der Waals surface area contributed by atoms with Crippen LogP contribution in [0.25, 0.3) is 0 Å². The van der Waals surface area contributed by atoms with Crippen LogP contribution in [0.1, 0.15) is 31.2 Å². The lowest BCUT2D eigenvalue weighted by molar-refractivity contribution is -0.138. The minimum atomic E-state index is -0.294. The first-order chi connectivity index (χ1) is 11.7. The lowest BCUT2D eigenvalue weighted by Gasteiger charge is -2.26. The highest BCUT2D eigenvalue weighted by Crippen LogP contribution is 2.19. The van der Waals surface area contributed by atoms with Gasteiger partial charge in [0.15, 0.2) is 0 Å². The fourth-order valence-electron chi connectivity index (χ4n) is 3.67. The van der Waals surface area contributed by atoms with Crippen molar-refractivity contribution >= 4 is 24.2 Å². The fourth-order valence-corrected chi connectivity index (χ4v) is 3.67. The van der Waals surface area contributed by atoms with Crippen molar-refractivity contribution < 1.29 is 9.59 Å². The molecule has 0 aliphatic carbocycles. The van der Waals surface area contributed by atoms with Gasteiger partial charge in [-0.2, -0.15) is 0 Å². The summed E-state index contributed by atoms with van der Waals surface area (Å²) < 4.78 is 0. The lowest BCUT2D eigenvalue weighted by atomic mass is 9.99. The number of hydrogen-bond acceptors (Lipinski definition) is 3. The second kappa shape index (κ2) is 9.78. The van der Waals surface area contributed by atoms with E-state index in [1.54, 1.807) is 4.90 Å². The molecule has 138 valence electrons. The smallest absolute Gasteiger partial charge is 0.242 e. The van der Waals surface area contributed by atoms with E-state index in [4.69, 9.17) is 0 Å². The van der Waals surface area contributed by atoms with Crippen LogP contribution in [0.15, 0.2) is 30.3 Å². The normalized spacial score (nSPS) is 23.0. The molecule has 5 nitrogen and oxygen atoms in total. The van der Waals surface area contributed by atoms with E-state index in [0.29, 0.717) is 25.4 Å². The molecule has 0 saturated carbocycles. The van der Waals surface area contributed by atoms with Crippen molar-refractivity contribution in [2.45, 2.75) is 38.1 Å². The highest BCUT2D eigenvalue weighted by Gasteiger charge is 2.34. The van der Waals surface area contributed by atoms with Gasteiger partial charge in [-0.3, -0.25) is 9.59 Å². The molecule has 2 fully saturated rings. The van der Waals surface area contributed by atoms with Crippen LogP contribution in [-0.2, 0) is 16.0 Å². The third-order valence-electron chi connectivity index (χ3n) is 5.04. The molecule has 2 aliphatic rings. The number of amides is 2. The average Bonchev–Trinajstić information content (AvgIpc) is 3.11. The number of hydrogen-bond donors (Lipinski definition) is 2. The summed E-state index contributed by atoms with van der Waals surface area (Å²) >= 11 is 0. The third-order valence-corrected chi connectivity index (χ3v) is 5.04. The number of carbonyl (C=O) groups is 2. The molecule has 6 heteroatoms. The second-order valence-electron chi connectivity index (χ2n) is 6.87. The van der Waals surface area contributed by atoms with Crippen LogP contribution < -0.4 is 10.6 Å². The van der Waals surface area contributed by atoms with Crippen molar-refractivity contribution in [1.29, 1.82) is 0 Å². The molecule has 0 radical (unpaired) electrons. The molecule has 3 rings (SSSR count). The molecule has 1 aromatic rings. The maximum atomic E-state index is 12.6. The Balaban J connectivity index is 0.00000225. The molecule has 2 heterocycles. The monoisotopic (exact) mass is 365 g/mol. The minimum Gasteiger partial charge on any atom is -0.354 e. The highest BCUT2D eigenvalue weighted by molar-refractivity contribution is 5.89. The first-order valence-corrected chi connectivity index (χ1v) is 9.06. The largest absolute Gasteiger partial charge is 0.354 e. The van der Waals surface area contributed by atoms with Crippen LogP contribution in [0.4, 0.5) is 0 Å². The molecule has 0 bridgehead atoms. The summed E-state index contributed by atoms with van der Waals surface area (Å²) in [6, 6.07) is 9.44. The molecule has 0 aromatic heterocycles. The van der Waals surface area contributed by atoms with Gasteiger partial charge in [0.05, 0.1) is 6.42 Å². The van der Waals surface area contributed by atoms with Crippen molar-refractivity contribution in [3.05, 3.63) is 35.9 Å². The first kappa shape index (κ1) is 19.7. The zero-order chi connectivity index (χ0) is 16.8. The molecule has 0 spiro atoms. The van der Waals surface area contributed by atoms with E-state index in [0.717, 1.165) is 37.9 Å². The van der Waals surface area contributed by atoms with Gasteiger partial charge in [0.2, 0.25) is 11.8 Å². The predicted molar refractivity (Wildman–Crippen MR) is 101 cm³/mol. The van der Waals surface area contributed by atoms with Crippen LogP contribution in [0.2, 0.25) is 0 Å². The Kier molecular flexibility index (Phi) is 7.72. The maximum absolute atomic E-state index is 12.6. The van der Waals surface area contributed by atoms with E-state index in [1.165, 1.54) is 6.42 Å². The third kappa shape index (κ3) is 5.44. The number of nitrogens with one attached hydrogen (secondary N) is 2. The van der Waals surface area contributed by atoms with Gasteiger partial charge in [-0.05, 0) is 50.3 Å². The summed E-state index contributed by atoms with van der Waals surface area (Å²) in [6.45, 7) is 3.45. The highest BCUT2D eigenvalue weighted by atomic mass is 35.5. The van der Waals surface area contributed by atoms with Crippen LogP contribution in [0, 0.1) is 5.92 Å². The summed E-state index contributed by atoms with van der Waals surface area (Å²) in [5.41, 5.74) is 1.00. The molecule has 2 N–H and O–H groups in total. The molecule has 2 amide bonds. The van der Waals surface area contributed by atoms with Crippen molar-refractivity contribution in [2.75, 3.05) is 26.2 Å². The number of benzene rings is 1. The molecule has 1 aromatic carbocycles. The van der Waals surface area contributed by atoms with Gasteiger partial charge in [0.1, 0.15) is 6.04 Å². The van der Waals surface area contributed by atoms with E-state index >= 15 is 0 Å². The van der Waals surface area contributed by atoms with Crippen LogP contribution >= 0.6 is 12.4 Å². The Labute approximate surface area is 155 Å². The summed E-state index contributed by atoms with van der Waals surface area (Å²) in [6.07, 6.45) is 4.39. The van der Waals surface area contributed by atoms with E-state index in [-0.39, 0.29) is 30.3 Å². The van der Waals surface area contributed by atoms with Gasteiger partial charge in [0.25, 0.3) is 0 Å². The summed E-state index contributed by atoms with van der Waals surface area (Å²) in [5.74, 6) is 0.579. The summed E-state index contributed by atoms with van der Waals surface area (Å²) in [4.78, 5) is 26.9. The van der Waals surface area contributed by atoms with Gasteiger partial charge in [-0.25, -0.2) is 0 Å². The number of nitrogens with zero attached hydrogens (tertiary/aromatic N) is 1. The SMILES string of the molecule is Cl.O=C(NCC1CCCNC1)C1CCCN1C(=O)Cc1ccccc1. The number of rotatable bonds is 5. The Morgan fingerprint density at radius 1 is 1.16 bits per heavy atom. The van der Waals surface area contributed by atoms with Gasteiger partial charge in [0, 0.05) is 13.1 Å². The fraction of sp³-hybridized carbons (Fsp3) is 0.579. The zero-order valence-corrected chi connectivity index (χ0v) is 15.4. The second-order valence-corrected chi connectivity index (χ2v) is 6.87. The van der Waals surface area contributed by atoms with Crippen molar-refractivity contribution in [1.82, 2.24) is 15.5 Å². The quantitative estimate of drug-likeness (QED) is 0.835. The van der Waals surface area contributed by atoms with Gasteiger partial charge < -0.3 is 15.5 Å². The average molecular weight is 366 g/mol. The topological polar surface area (TPSA) is 61.4 Å². The Morgan fingerprint density at radius 3 is 2.68 bits per heavy atom. The Morgan fingerprint density at radius 2 is 1.96 bits per heavy atom. The van der Waals surface area contributed by atoms with Crippen LogP contribution in [-0.4, -0.2) is 48.9 Å².